The Labute approximate surface area is 131 Å². The van der Waals surface area contributed by atoms with Gasteiger partial charge in [0.1, 0.15) is 0 Å². The Hall–Kier alpha value is -0.0400. The van der Waals surface area contributed by atoms with Crippen LogP contribution in [0.3, 0.4) is 0 Å². The van der Waals surface area contributed by atoms with Crippen molar-refractivity contribution >= 4 is 0 Å². The fourth-order valence-electron chi connectivity index (χ4n) is 6.02. The largest absolute Gasteiger partial charge is 0.393 e. The zero-order valence-electron chi connectivity index (χ0n) is 14.1. The van der Waals surface area contributed by atoms with Crippen molar-refractivity contribution in [3.8, 4) is 0 Å². The van der Waals surface area contributed by atoms with Gasteiger partial charge < -0.3 is 5.11 Å². The van der Waals surface area contributed by atoms with Gasteiger partial charge in [0, 0.05) is 0 Å². The Morgan fingerprint density at radius 3 is 2.52 bits per heavy atom. The first-order chi connectivity index (χ1) is 10.3. The predicted molar refractivity (Wildman–Crippen MR) is 89.2 cm³/mol. The lowest BCUT2D eigenvalue weighted by Gasteiger charge is -2.51. The first-order valence-electron chi connectivity index (χ1n) is 9.97. The van der Waals surface area contributed by atoms with E-state index >= 15 is 0 Å². The SMILES string of the molecule is CCCCCC[C@H]1CCC2C(CCC3C(O)CCCC32)C1. The van der Waals surface area contributed by atoms with E-state index in [9.17, 15) is 5.11 Å². The molecule has 3 aliphatic carbocycles. The predicted octanol–water partition coefficient (Wildman–Crippen LogP) is 5.56. The Kier molecular flexibility index (Phi) is 5.65. The van der Waals surface area contributed by atoms with Gasteiger partial charge in [0.15, 0.2) is 0 Å². The highest BCUT2D eigenvalue weighted by atomic mass is 16.3. The van der Waals surface area contributed by atoms with Crippen LogP contribution in [0.4, 0.5) is 0 Å². The summed E-state index contributed by atoms with van der Waals surface area (Å²) < 4.78 is 0. The molecule has 3 rings (SSSR count). The van der Waals surface area contributed by atoms with Crippen LogP contribution in [-0.2, 0) is 0 Å². The molecule has 0 aliphatic heterocycles. The zero-order valence-corrected chi connectivity index (χ0v) is 14.1. The number of rotatable bonds is 5. The Bertz CT molecular complexity index is 313. The third-order valence-electron chi connectivity index (χ3n) is 7.12. The lowest BCUT2D eigenvalue weighted by molar-refractivity contribution is -0.0548. The minimum absolute atomic E-state index is 0.0384. The zero-order chi connectivity index (χ0) is 14.7. The van der Waals surface area contributed by atoms with Gasteiger partial charge in [-0.3, -0.25) is 0 Å². The van der Waals surface area contributed by atoms with E-state index in [1.165, 1.54) is 77.0 Å². The van der Waals surface area contributed by atoms with Crippen LogP contribution in [0.1, 0.15) is 90.4 Å². The molecule has 0 spiro atoms. The summed E-state index contributed by atoms with van der Waals surface area (Å²) in [4.78, 5) is 0. The van der Waals surface area contributed by atoms with E-state index in [-0.39, 0.29) is 6.10 Å². The van der Waals surface area contributed by atoms with Gasteiger partial charge in [-0.25, -0.2) is 0 Å². The van der Waals surface area contributed by atoms with Crippen LogP contribution >= 0.6 is 0 Å². The van der Waals surface area contributed by atoms with Crippen molar-refractivity contribution in [3.63, 3.8) is 0 Å². The highest BCUT2D eigenvalue weighted by Crippen LogP contribution is 2.52. The van der Waals surface area contributed by atoms with Gasteiger partial charge in [0.05, 0.1) is 6.10 Å². The second-order valence-corrected chi connectivity index (χ2v) is 8.36. The third kappa shape index (κ3) is 3.66. The number of hydrogen-bond donors (Lipinski definition) is 1. The third-order valence-corrected chi connectivity index (χ3v) is 7.12. The fourth-order valence-corrected chi connectivity index (χ4v) is 6.02. The van der Waals surface area contributed by atoms with Crippen molar-refractivity contribution in [2.24, 2.45) is 29.6 Å². The summed E-state index contributed by atoms with van der Waals surface area (Å²) >= 11 is 0. The standard InChI is InChI=1S/C20H36O/c1-2-3-4-5-7-15-10-12-17-16(14-15)11-13-19-18(17)8-6-9-20(19)21/h15-21H,2-14H2,1H3/t15-,16?,17?,18?,19?,20?/m0/s1. The summed E-state index contributed by atoms with van der Waals surface area (Å²) in [6.45, 7) is 2.31. The van der Waals surface area contributed by atoms with Crippen LogP contribution in [0.15, 0.2) is 0 Å². The molecule has 21 heavy (non-hydrogen) atoms. The average molecular weight is 293 g/mol. The van der Waals surface area contributed by atoms with E-state index in [2.05, 4.69) is 6.92 Å². The Morgan fingerprint density at radius 1 is 0.810 bits per heavy atom. The molecule has 1 nitrogen and oxygen atoms in total. The van der Waals surface area contributed by atoms with Gasteiger partial charge in [-0.05, 0) is 68.1 Å². The van der Waals surface area contributed by atoms with Gasteiger partial charge in [-0.2, -0.15) is 0 Å². The number of aliphatic hydroxyl groups excluding tert-OH is 1. The molecule has 3 fully saturated rings. The minimum atomic E-state index is 0.0384. The molecule has 1 N–H and O–H groups in total. The molecule has 0 aromatic carbocycles. The van der Waals surface area contributed by atoms with E-state index in [1.54, 1.807) is 0 Å². The molecule has 6 atom stereocenters. The summed E-state index contributed by atoms with van der Waals surface area (Å²) in [5, 5.41) is 10.3. The molecular formula is C20H36O. The van der Waals surface area contributed by atoms with E-state index in [0.717, 1.165) is 30.1 Å². The monoisotopic (exact) mass is 292 g/mol. The Balaban J connectivity index is 1.49. The summed E-state index contributed by atoms with van der Waals surface area (Å²) in [5.41, 5.74) is 0. The van der Waals surface area contributed by atoms with Crippen molar-refractivity contribution in [2.45, 2.75) is 96.5 Å². The summed E-state index contributed by atoms with van der Waals surface area (Å²) in [7, 11) is 0. The molecule has 1 heteroatoms. The molecule has 0 amide bonds. The van der Waals surface area contributed by atoms with E-state index in [0.29, 0.717) is 5.92 Å². The molecule has 0 aromatic rings. The van der Waals surface area contributed by atoms with Crippen LogP contribution in [0.5, 0.6) is 0 Å². The molecule has 0 bridgehead atoms. The van der Waals surface area contributed by atoms with Crippen LogP contribution in [0, 0.1) is 29.6 Å². The van der Waals surface area contributed by atoms with Gasteiger partial charge >= 0.3 is 0 Å². The van der Waals surface area contributed by atoms with E-state index < -0.39 is 0 Å². The van der Waals surface area contributed by atoms with Crippen molar-refractivity contribution in [1.82, 2.24) is 0 Å². The molecule has 0 radical (unpaired) electrons. The molecule has 3 saturated carbocycles. The van der Waals surface area contributed by atoms with Gasteiger partial charge in [-0.1, -0.05) is 51.9 Å². The van der Waals surface area contributed by atoms with Gasteiger partial charge in [-0.15, -0.1) is 0 Å². The molecule has 122 valence electrons. The highest BCUT2D eigenvalue weighted by Gasteiger charge is 2.45. The normalized spacial score (nSPS) is 43.1. The molecule has 3 aliphatic rings. The fraction of sp³-hybridized carbons (Fsp3) is 1.00. The van der Waals surface area contributed by atoms with Crippen LogP contribution in [0.25, 0.3) is 0 Å². The number of hydrogen-bond acceptors (Lipinski definition) is 1. The van der Waals surface area contributed by atoms with Crippen LogP contribution in [-0.4, -0.2) is 11.2 Å². The molecule has 0 saturated heterocycles. The smallest absolute Gasteiger partial charge is 0.0571 e. The van der Waals surface area contributed by atoms with Crippen LogP contribution < -0.4 is 0 Å². The quantitative estimate of drug-likeness (QED) is 0.658. The molecule has 5 unspecified atom stereocenters. The van der Waals surface area contributed by atoms with Crippen molar-refractivity contribution in [1.29, 1.82) is 0 Å². The lowest BCUT2D eigenvalue weighted by Crippen LogP contribution is -2.44. The van der Waals surface area contributed by atoms with E-state index in [4.69, 9.17) is 0 Å². The lowest BCUT2D eigenvalue weighted by atomic mass is 9.55. The maximum atomic E-state index is 10.3. The van der Waals surface area contributed by atoms with Crippen molar-refractivity contribution in [2.75, 3.05) is 0 Å². The first-order valence-corrected chi connectivity index (χ1v) is 9.97. The van der Waals surface area contributed by atoms with Gasteiger partial charge in [0.2, 0.25) is 0 Å². The summed E-state index contributed by atoms with van der Waals surface area (Å²) in [6, 6.07) is 0. The van der Waals surface area contributed by atoms with Crippen LogP contribution in [0.2, 0.25) is 0 Å². The van der Waals surface area contributed by atoms with Crippen molar-refractivity contribution < 1.29 is 5.11 Å². The Morgan fingerprint density at radius 2 is 1.67 bits per heavy atom. The summed E-state index contributed by atoms with van der Waals surface area (Å²) in [5.74, 6) is 4.58. The number of aliphatic hydroxyl groups is 1. The molecular weight excluding hydrogens is 256 g/mol. The average Bonchev–Trinajstić information content (AvgIpc) is 2.51. The molecule has 0 aromatic heterocycles. The second-order valence-electron chi connectivity index (χ2n) is 8.36. The van der Waals surface area contributed by atoms with E-state index in [1.807, 2.05) is 0 Å². The van der Waals surface area contributed by atoms with Crippen molar-refractivity contribution in [3.05, 3.63) is 0 Å². The maximum absolute atomic E-state index is 10.3. The summed E-state index contributed by atoms with van der Waals surface area (Å²) in [6.07, 6.45) is 18.3. The number of fused-ring (bicyclic) bond motifs is 3. The first kappa shape index (κ1) is 15.8. The van der Waals surface area contributed by atoms with Gasteiger partial charge in [0.25, 0.3) is 0 Å². The number of unbranched alkanes of at least 4 members (excludes halogenated alkanes) is 3. The second kappa shape index (κ2) is 7.49. The maximum Gasteiger partial charge on any atom is 0.0571 e. The highest BCUT2D eigenvalue weighted by molar-refractivity contribution is 4.95. The minimum Gasteiger partial charge on any atom is -0.393 e. The molecule has 0 heterocycles. The topological polar surface area (TPSA) is 20.2 Å².